The van der Waals surface area contributed by atoms with E-state index < -0.39 is 0 Å². The van der Waals surface area contributed by atoms with Gasteiger partial charge in [0.25, 0.3) is 0 Å². The van der Waals surface area contributed by atoms with Gasteiger partial charge in [0.1, 0.15) is 11.5 Å². The summed E-state index contributed by atoms with van der Waals surface area (Å²) < 4.78 is 5.87. The number of nitrogens with one attached hydrogen (secondary N) is 1. The predicted octanol–water partition coefficient (Wildman–Crippen LogP) is 5.33. The average Bonchev–Trinajstić information content (AvgIpc) is 2.43. The predicted molar refractivity (Wildman–Crippen MR) is 87.9 cm³/mol. The molecule has 1 fully saturated rings. The van der Waals surface area contributed by atoms with Crippen LogP contribution in [0, 0.1) is 11.8 Å². The van der Waals surface area contributed by atoms with Crippen molar-refractivity contribution in [2.75, 3.05) is 5.32 Å². The van der Waals surface area contributed by atoms with Gasteiger partial charge in [-0.05, 0) is 48.9 Å². The quantitative estimate of drug-likeness (QED) is 0.800. The van der Waals surface area contributed by atoms with Crippen molar-refractivity contribution in [2.24, 2.45) is 11.8 Å². The van der Waals surface area contributed by atoms with Crippen LogP contribution in [0.15, 0.2) is 54.6 Å². The summed E-state index contributed by atoms with van der Waals surface area (Å²) in [6, 6.07) is 18.7. The van der Waals surface area contributed by atoms with Crippen molar-refractivity contribution < 1.29 is 4.74 Å². The first kappa shape index (κ1) is 14.0. The molecule has 2 nitrogen and oxygen atoms in total. The molecule has 0 aliphatic heterocycles. The Morgan fingerprint density at radius 3 is 2.38 bits per heavy atom. The van der Waals surface area contributed by atoms with Gasteiger partial charge in [0.2, 0.25) is 0 Å². The molecule has 1 saturated carbocycles. The lowest BCUT2D eigenvalue weighted by molar-refractivity contribution is 0.212. The van der Waals surface area contributed by atoms with E-state index in [2.05, 4.69) is 31.3 Å². The Hall–Kier alpha value is -1.96. The van der Waals surface area contributed by atoms with Gasteiger partial charge >= 0.3 is 0 Å². The molecule has 3 rings (SSSR count). The highest BCUT2D eigenvalue weighted by atomic mass is 16.5. The van der Waals surface area contributed by atoms with E-state index in [0.29, 0.717) is 6.04 Å². The molecule has 0 amide bonds. The van der Waals surface area contributed by atoms with Gasteiger partial charge in [-0.25, -0.2) is 0 Å². The summed E-state index contributed by atoms with van der Waals surface area (Å²) in [6.45, 7) is 4.63. The second kappa shape index (κ2) is 6.21. The van der Waals surface area contributed by atoms with Crippen LogP contribution < -0.4 is 10.1 Å². The van der Waals surface area contributed by atoms with E-state index in [1.165, 1.54) is 12.8 Å². The number of hydrogen-bond donors (Lipinski definition) is 1. The normalized spacial score (nSPS) is 20.9. The van der Waals surface area contributed by atoms with Crippen LogP contribution in [0.4, 0.5) is 5.69 Å². The maximum absolute atomic E-state index is 5.87. The Morgan fingerprint density at radius 1 is 0.952 bits per heavy atom. The molecule has 0 unspecified atom stereocenters. The third-order valence-corrected chi connectivity index (χ3v) is 4.30. The molecule has 0 heterocycles. The zero-order chi connectivity index (χ0) is 14.7. The summed E-state index contributed by atoms with van der Waals surface area (Å²) in [5.74, 6) is 3.44. The monoisotopic (exact) mass is 281 g/mol. The molecule has 0 saturated heterocycles. The first-order valence-electron chi connectivity index (χ1n) is 7.80. The van der Waals surface area contributed by atoms with E-state index in [1.807, 2.05) is 42.5 Å². The number of benzene rings is 2. The Kier molecular flexibility index (Phi) is 4.14. The molecular formula is C19H23NO. The molecule has 2 heteroatoms. The van der Waals surface area contributed by atoms with E-state index in [0.717, 1.165) is 29.0 Å². The Balaban J connectivity index is 1.59. The number of ether oxygens (including phenoxy) is 1. The topological polar surface area (TPSA) is 21.3 Å². The van der Waals surface area contributed by atoms with Gasteiger partial charge in [-0.3, -0.25) is 0 Å². The van der Waals surface area contributed by atoms with E-state index in [4.69, 9.17) is 4.74 Å². The van der Waals surface area contributed by atoms with Crippen LogP contribution in [0.3, 0.4) is 0 Å². The molecule has 1 aliphatic rings. The van der Waals surface area contributed by atoms with Gasteiger partial charge in [0.05, 0.1) is 0 Å². The summed E-state index contributed by atoms with van der Waals surface area (Å²) >= 11 is 0. The summed E-state index contributed by atoms with van der Waals surface area (Å²) in [7, 11) is 0. The molecule has 21 heavy (non-hydrogen) atoms. The first-order valence-corrected chi connectivity index (χ1v) is 7.80. The molecule has 0 radical (unpaired) electrons. The van der Waals surface area contributed by atoms with E-state index in [1.54, 1.807) is 0 Å². The molecule has 1 N–H and O–H groups in total. The Bertz CT molecular complexity index is 573. The Labute approximate surface area is 127 Å². The standard InChI is InChI=1S/C19H23NO/c1-14(2)15-11-17(12-15)20-16-7-6-10-19(13-16)21-18-8-4-3-5-9-18/h3-10,13-15,17,20H,11-12H2,1-2H3. The lowest BCUT2D eigenvalue weighted by Crippen LogP contribution is -2.37. The number of anilines is 1. The maximum Gasteiger partial charge on any atom is 0.129 e. The molecule has 0 aromatic heterocycles. The molecule has 0 bridgehead atoms. The largest absolute Gasteiger partial charge is 0.457 e. The maximum atomic E-state index is 5.87. The van der Waals surface area contributed by atoms with Crippen molar-refractivity contribution in [3.63, 3.8) is 0 Å². The molecule has 1 aliphatic carbocycles. The van der Waals surface area contributed by atoms with E-state index in [-0.39, 0.29) is 0 Å². The van der Waals surface area contributed by atoms with Gasteiger partial charge in [0.15, 0.2) is 0 Å². The highest BCUT2D eigenvalue weighted by molar-refractivity contribution is 5.50. The third kappa shape index (κ3) is 3.57. The third-order valence-electron chi connectivity index (χ3n) is 4.30. The van der Waals surface area contributed by atoms with Gasteiger partial charge in [-0.1, -0.05) is 38.1 Å². The summed E-state index contributed by atoms with van der Waals surface area (Å²) in [6.07, 6.45) is 2.56. The van der Waals surface area contributed by atoms with Crippen LogP contribution in [-0.2, 0) is 0 Å². The molecule has 110 valence electrons. The van der Waals surface area contributed by atoms with Crippen LogP contribution >= 0.6 is 0 Å². The van der Waals surface area contributed by atoms with Crippen LogP contribution in [0.25, 0.3) is 0 Å². The fourth-order valence-corrected chi connectivity index (χ4v) is 2.83. The lowest BCUT2D eigenvalue weighted by atomic mass is 9.73. The van der Waals surface area contributed by atoms with Crippen LogP contribution in [0.5, 0.6) is 11.5 Å². The molecular weight excluding hydrogens is 258 g/mol. The summed E-state index contributed by atoms with van der Waals surface area (Å²) in [5, 5.41) is 3.61. The number of rotatable bonds is 5. The molecule has 2 aromatic carbocycles. The number of hydrogen-bond acceptors (Lipinski definition) is 2. The van der Waals surface area contributed by atoms with Gasteiger partial charge in [0, 0.05) is 17.8 Å². The smallest absolute Gasteiger partial charge is 0.129 e. The zero-order valence-corrected chi connectivity index (χ0v) is 12.8. The minimum absolute atomic E-state index is 0.615. The SMILES string of the molecule is CC(C)C1CC(Nc2cccc(Oc3ccccc3)c2)C1. The second-order valence-corrected chi connectivity index (χ2v) is 6.26. The zero-order valence-electron chi connectivity index (χ0n) is 12.8. The second-order valence-electron chi connectivity index (χ2n) is 6.26. The minimum Gasteiger partial charge on any atom is -0.457 e. The van der Waals surface area contributed by atoms with Crippen molar-refractivity contribution in [3.8, 4) is 11.5 Å². The van der Waals surface area contributed by atoms with E-state index in [9.17, 15) is 0 Å². The van der Waals surface area contributed by atoms with Gasteiger partial charge in [-0.15, -0.1) is 0 Å². The average molecular weight is 281 g/mol. The first-order chi connectivity index (χ1) is 10.2. The molecule has 2 aromatic rings. The van der Waals surface area contributed by atoms with Crippen molar-refractivity contribution in [3.05, 3.63) is 54.6 Å². The summed E-state index contributed by atoms with van der Waals surface area (Å²) in [5.41, 5.74) is 1.15. The van der Waals surface area contributed by atoms with Crippen molar-refractivity contribution in [1.29, 1.82) is 0 Å². The highest BCUT2D eigenvalue weighted by Gasteiger charge is 2.30. The fraction of sp³-hybridized carbons (Fsp3) is 0.368. The van der Waals surface area contributed by atoms with Crippen molar-refractivity contribution in [1.82, 2.24) is 0 Å². The minimum atomic E-state index is 0.615. The lowest BCUT2D eigenvalue weighted by Gasteiger charge is -2.39. The van der Waals surface area contributed by atoms with Gasteiger partial charge in [-0.2, -0.15) is 0 Å². The van der Waals surface area contributed by atoms with Crippen LogP contribution in [0.2, 0.25) is 0 Å². The van der Waals surface area contributed by atoms with Gasteiger partial charge < -0.3 is 10.1 Å². The fourth-order valence-electron chi connectivity index (χ4n) is 2.83. The highest BCUT2D eigenvalue weighted by Crippen LogP contribution is 2.36. The molecule has 0 spiro atoms. The van der Waals surface area contributed by atoms with Crippen LogP contribution in [-0.4, -0.2) is 6.04 Å². The van der Waals surface area contributed by atoms with Crippen molar-refractivity contribution in [2.45, 2.75) is 32.7 Å². The molecule has 0 atom stereocenters. The number of para-hydroxylation sites is 1. The van der Waals surface area contributed by atoms with Crippen LogP contribution in [0.1, 0.15) is 26.7 Å². The summed E-state index contributed by atoms with van der Waals surface area (Å²) in [4.78, 5) is 0. The Morgan fingerprint density at radius 2 is 1.67 bits per heavy atom. The van der Waals surface area contributed by atoms with Crippen molar-refractivity contribution >= 4 is 5.69 Å². The van der Waals surface area contributed by atoms with E-state index >= 15 is 0 Å².